The summed E-state index contributed by atoms with van der Waals surface area (Å²) >= 11 is 1.10. The number of benzene rings is 2. The molecule has 19 heavy (non-hydrogen) atoms. The number of rotatable bonds is 2. The van der Waals surface area contributed by atoms with Crippen molar-refractivity contribution in [3.05, 3.63) is 42.0 Å². The van der Waals surface area contributed by atoms with E-state index < -0.39 is 0 Å². The van der Waals surface area contributed by atoms with Gasteiger partial charge in [-0.2, -0.15) is 0 Å². The Balaban J connectivity index is 2.62. The van der Waals surface area contributed by atoms with Crippen LogP contribution in [-0.2, 0) is 0 Å². The third-order valence-corrected chi connectivity index (χ3v) is 4.00. The number of amides is 1. The molecule has 4 heteroatoms. The number of Topliss-reactive ketones (excluding diaryl/α,β-unsaturated/α-hetero) is 1. The molecule has 2 aromatic rings. The summed E-state index contributed by atoms with van der Waals surface area (Å²) in [7, 11) is 3.40. The quantitative estimate of drug-likeness (QED) is 0.616. The van der Waals surface area contributed by atoms with Crippen LogP contribution in [0.5, 0.6) is 0 Å². The van der Waals surface area contributed by atoms with Gasteiger partial charge in [0.15, 0.2) is 5.78 Å². The summed E-state index contributed by atoms with van der Waals surface area (Å²) in [5.41, 5.74) is 0.596. The van der Waals surface area contributed by atoms with Gasteiger partial charge in [-0.1, -0.05) is 30.3 Å². The van der Waals surface area contributed by atoms with Gasteiger partial charge in [-0.25, -0.2) is 0 Å². The summed E-state index contributed by atoms with van der Waals surface area (Å²) in [6, 6.07) is 11.5. The number of carbonyl (C=O) groups is 2. The Hall–Kier alpha value is -1.81. The van der Waals surface area contributed by atoms with Crippen LogP contribution in [-0.4, -0.2) is 30.0 Å². The monoisotopic (exact) mass is 273 g/mol. The third kappa shape index (κ3) is 2.79. The second-order valence-corrected chi connectivity index (χ2v) is 5.44. The second kappa shape index (κ2) is 5.45. The molecule has 0 saturated heterocycles. The van der Waals surface area contributed by atoms with Crippen molar-refractivity contribution in [3.8, 4) is 0 Å². The van der Waals surface area contributed by atoms with Crippen molar-refractivity contribution in [2.75, 3.05) is 14.1 Å². The summed E-state index contributed by atoms with van der Waals surface area (Å²) < 4.78 is 0. The number of fused-ring (bicyclic) bond motifs is 1. The molecular weight excluding hydrogens is 258 g/mol. The van der Waals surface area contributed by atoms with Crippen LogP contribution < -0.4 is 0 Å². The molecule has 98 valence electrons. The van der Waals surface area contributed by atoms with E-state index in [1.54, 1.807) is 20.2 Å². The Bertz CT molecular complexity index is 650. The zero-order valence-electron chi connectivity index (χ0n) is 11.1. The van der Waals surface area contributed by atoms with Gasteiger partial charge in [-0.15, -0.1) is 0 Å². The van der Waals surface area contributed by atoms with Crippen molar-refractivity contribution in [2.24, 2.45) is 0 Å². The molecule has 0 heterocycles. The maximum absolute atomic E-state index is 11.9. The molecule has 0 radical (unpaired) electrons. The van der Waals surface area contributed by atoms with Gasteiger partial charge in [0, 0.05) is 24.6 Å². The van der Waals surface area contributed by atoms with Crippen molar-refractivity contribution in [1.29, 1.82) is 0 Å². The lowest BCUT2D eigenvalue weighted by Crippen LogP contribution is -2.16. The first-order valence-corrected chi connectivity index (χ1v) is 6.74. The van der Waals surface area contributed by atoms with E-state index >= 15 is 0 Å². The second-order valence-electron chi connectivity index (χ2n) is 4.48. The van der Waals surface area contributed by atoms with Gasteiger partial charge in [0.05, 0.1) is 0 Å². The van der Waals surface area contributed by atoms with Crippen LogP contribution in [0.2, 0.25) is 0 Å². The van der Waals surface area contributed by atoms with E-state index in [4.69, 9.17) is 0 Å². The highest BCUT2D eigenvalue weighted by atomic mass is 32.2. The number of nitrogens with zero attached hydrogens (tertiary/aromatic N) is 1. The van der Waals surface area contributed by atoms with Crippen molar-refractivity contribution < 1.29 is 9.59 Å². The smallest absolute Gasteiger partial charge is 0.285 e. The number of carbonyl (C=O) groups excluding carboxylic acids is 2. The average Bonchev–Trinajstić information content (AvgIpc) is 2.38. The molecule has 3 nitrogen and oxygen atoms in total. The molecule has 0 aliphatic rings. The maximum atomic E-state index is 11.9. The van der Waals surface area contributed by atoms with E-state index in [1.807, 2.05) is 30.3 Å². The van der Waals surface area contributed by atoms with Gasteiger partial charge < -0.3 is 4.90 Å². The molecule has 0 bridgehead atoms. The van der Waals surface area contributed by atoms with E-state index in [-0.39, 0.29) is 11.0 Å². The fourth-order valence-corrected chi connectivity index (χ4v) is 2.78. The third-order valence-electron chi connectivity index (χ3n) is 2.81. The zero-order chi connectivity index (χ0) is 14.0. The zero-order valence-corrected chi connectivity index (χ0v) is 12.0. The van der Waals surface area contributed by atoms with Crippen LogP contribution in [0.25, 0.3) is 10.8 Å². The first-order valence-electron chi connectivity index (χ1n) is 5.92. The normalized spacial score (nSPS) is 10.5. The summed E-state index contributed by atoms with van der Waals surface area (Å²) in [6.45, 7) is 1.52. The summed E-state index contributed by atoms with van der Waals surface area (Å²) in [6.07, 6.45) is 0. The lowest BCUT2D eigenvalue weighted by Gasteiger charge is -2.13. The Kier molecular flexibility index (Phi) is 3.90. The molecular formula is C15H15NO2S. The molecule has 0 unspecified atom stereocenters. The summed E-state index contributed by atoms with van der Waals surface area (Å²) in [5.74, 6) is -0.0280. The average molecular weight is 273 g/mol. The van der Waals surface area contributed by atoms with E-state index in [0.29, 0.717) is 5.56 Å². The molecule has 2 aromatic carbocycles. The molecule has 1 amide bonds. The number of thioether (sulfide) groups is 1. The molecule has 0 aromatic heterocycles. The first-order chi connectivity index (χ1) is 9.00. The molecule has 0 fully saturated rings. The van der Waals surface area contributed by atoms with Crippen LogP contribution >= 0.6 is 11.8 Å². The van der Waals surface area contributed by atoms with E-state index in [2.05, 4.69) is 0 Å². The molecule has 2 rings (SSSR count). The maximum Gasteiger partial charge on any atom is 0.285 e. The first kappa shape index (κ1) is 13.6. The van der Waals surface area contributed by atoms with Crippen LogP contribution in [0.15, 0.2) is 41.3 Å². The Morgan fingerprint density at radius 3 is 2.37 bits per heavy atom. The van der Waals surface area contributed by atoms with Crippen LogP contribution in [0.4, 0.5) is 4.79 Å². The minimum Gasteiger partial charge on any atom is -0.339 e. The van der Waals surface area contributed by atoms with Crippen molar-refractivity contribution in [3.63, 3.8) is 0 Å². The van der Waals surface area contributed by atoms with Crippen molar-refractivity contribution in [1.82, 2.24) is 4.90 Å². The van der Waals surface area contributed by atoms with E-state index in [1.165, 1.54) is 11.8 Å². The Labute approximate surface area is 116 Å². The van der Waals surface area contributed by atoms with Crippen LogP contribution in [0, 0.1) is 0 Å². The minimum absolute atomic E-state index is 0.0280. The predicted octanol–water partition coefficient (Wildman–Crippen LogP) is 3.82. The van der Waals surface area contributed by atoms with Gasteiger partial charge in [0.25, 0.3) is 5.24 Å². The molecule has 0 N–H and O–H groups in total. The van der Waals surface area contributed by atoms with E-state index in [0.717, 1.165) is 27.4 Å². The van der Waals surface area contributed by atoms with E-state index in [9.17, 15) is 9.59 Å². The van der Waals surface area contributed by atoms with Gasteiger partial charge in [-0.05, 0) is 35.5 Å². The summed E-state index contributed by atoms with van der Waals surface area (Å²) in [4.78, 5) is 25.9. The molecule has 0 aliphatic carbocycles. The molecule has 0 spiro atoms. The topological polar surface area (TPSA) is 37.4 Å². The molecule has 0 saturated carbocycles. The number of ketones is 1. The van der Waals surface area contributed by atoms with Gasteiger partial charge >= 0.3 is 0 Å². The fraction of sp³-hybridized carbons (Fsp3) is 0.200. The highest BCUT2D eigenvalue weighted by Gasteiger charge is 2.16. The Morgan fingerprint density at radius 2 is 1.74 bits per heavy atom. The van der Waals surface area contributed by atoms with Crippen molar-refractivity contribution in [2.45, 2.75) is 11.8 Å². The standard InChI is InChI=1S/C15H15NO2S/c1-10(17)12-9-8-11-6-4-5-7-13(11)14(12)19-15(18)16(2)3/h4-9H,1-3H3. The number of hydrogen-bond donors (Lipinski definition) is 0. The lowest BCUT2D eigenvalue weighted by molar-refractivity contribution is 0.101. The predicted molar refractivity (Wildman–Crippen MR) is 78.9 cm³/mol. The van der Waals surface area contributed by atoms with Gasteiger partial charge in [-0.3, -0.25) is 9.59 Å². The SMILES string of the molecule is CC(=O)c1ccc2ccccc2c1SC(=O)N(C)C. The largest absolute Gasteiger partial charge is 0.339 e. The van der Waals surface area contributed by atoms with Gasteiger partial charge in [0.2, 0.25) is 0 Å². The Morgan fingerprint density at radius 1 is 1.05 bits per heavy atom. The highest BCUT2D eigenvalue weighted by molar-refractivity contribution is 8.13. The minimum atomic E-state index is -0.0844. The molecule has 0 atom stereocenters. The molecule has 0 aliphatic heterocycles. The van der Waals surface area contributed by atoms with Crippen LogP contribution in [0.3, 0.4) is 0 Å². The van der Waals surface area contributed by atoms with Crippen molar-refractivity contribution >= 4 is 33.6 Å². The van der Waals surface area contributed by atoms with Crippen LogP contribution in [0.1, 0.15) is 17.3 Å². The summed E-state index contributed by atoms with van der Waals surface area (Å²) in [5, 5.41) is 1.89. The van der Waals surface area contributed by atoms with Gasteiger partial charge in [0.1, 0.15) is 0 Å². The highest BCUT2D eigenvalue weighted by Crippen LogP contribution is 2.33. The lowest BCUT2D eigenvalue weighted by atomic mass is 10.0. The number of hydrogen-bond acceptors (Lipinski definition) is 3. The fourth-order valence-electron chi connectivity index (χ4n) is 1.81.